The maximum absolute atomic E-state index is 12.3. The summed E-state index contributed by atoms with van der Waals surface area (Å²) in [7, 11) is 0. The lowest BCUT2D eigenvalue weighted by atomic mass is 10.1. The molecule has 7 nitrogen and oxygen atoms in total. The molecule has 0 saturated heterocycles. The molecule has 0 bridgehead atoms. The molecule has 1 heterocycles. The van der Waals surface area contributed by atoms with Gasteiger partial charge in [0.1, 0.15) is 13.2 Å². The topological polar surface area (TPSA) is 90.7 Å². The summed E-state index contributed by atoms with van der Waals surface area (Å²) in [5, 5.41) is 13.7. The van der Waals surface area contributed by atoms with Gasteiger partial charge in [0.25, 0.3) is 5.69 Å². The van der Waals surface area contributed by atoms with Gasteiger partial charge in [-0.25, -0.2) is 0 Å². The molecule has 0 aliphatic carbocycles. The number of non-ortho nitro benzene ring substituents is 1. The van der Waals surface area contributed by atoms with Crippen LogP contribution in [0.4, 0.5) is 11.4 Å². The van der Waals surface area contributed by atoms with Crippen LogP contribution in [0, 0.1) is 10.1 Å². The van der Waals surface area contributed by atoms with Gasteiger partial charge in [0.05, 0.1) is 22.2 Å². The molecule has 2 aromatic carbocycles. The number of nitro groups is 1. The number of nitrogens with one attached hydrogen (secondary N) is 1. The van der Waals surface area contributed by atoms with Gasteiger partial charge in [-0.05, 0) is 24.3 Å². The van der Waals surface area contributed by atoms with Crippen molar-refractivity contribution in [3.63, 3.8) is 0 Å². The van der Waals surface area contributed by atoms with E-state index in [1.807, 2.05) is 0 Å². The van der Waals surface area contributed by atoms with E-state index in [4.69, 9.17) is 21.1 Å². The molecule has 1 aliphatic heterocycles. The molecule has 3 rings (SSSR count). The molecule has 0 radical (unpaired) electrons. The van der Waals surface area contributed by atoms with Crippen molar-refractivity contribution < 1.29 is 19.2 Å². The number of fused-ring (bicyclic) bond motifs is 1. The molecule has 0 atom stereocenters. The summed E-state index contributed by atoms with van der Waals surface area (Å²) in [6, 6.07) is 9.02. The summed E-state index contributed by atoms with van der Waals surface area (Å²) in [6.07, 6.45) is 0. The van der Waals surface area contributed by atoms with Crippen LogP contribution in [0.25, 0.3) is 0 Å². The van der Waals surface area contributed by atoms with Crippen LogP contribution in [0.1, 0.15) is 10.4 Å². The molecule has 124 valence electrons. The van der Waals surface area contributed by atoms with E-state index in [1.54, 1.807) is 18.2 Å². The minimum atomic E-state index is -0.532. The molecule has 0 unspecified atom stereocenters. The third kappa shape index (κ3) is 3.41. The van der Waals surface area contributed by atoms with E-state index in [0.717, 1.165) is 0 Å². The number of hydrogen-bond acceptors (Lipinski definition) is 6. The Morgan fingerprint density at radius 2 is 1.92 bits per heavy atom. The van der Waals surface area contributed by atoms with E-state index < -0.39 is 4.92 Å². The van der Waals surface area contributed by atoms with Crippen LogP contribution in [0.3, 0.4) is 0 Å². The summed E-state index contributed by atoms with van der Waals surface area (Å²) >= 11 is 5.98. The second-order valence-electron chi connectivity index (χ2n) is 5.06. The minimum Gasteiger partial charge on any atom is -0.486 e. The molecule has 1 aliphatic rings. The third-order valence-corrected chi connectivity index (χ3v) is 3.78. The number of carbonyl (C=O) groups is 1. The number of Topliss-reactive ketones (excluding diaryl/α,β-unsaturated/α-hetero) is 1. The highest BCUT2D eigenvalue weighted by atomic mass is 35.5. The summed E-state index contributed by atoms with van der Waals surface area (Å²) < 4.78 is 10.9. The van der Waals surface area contributed by atoms with Gasteiger partial charge in [0.2, 0.25) is 0 Å². The van der Waals surface area contributed by atoms with Gasteiger partial charge in [-0.2, -0.15) is 0 Å². The van der Waals surface area contributed by atoms with E-state index in [9.17, 15) is 14.9 Å². The van der Waals surface area contributed by atoms with Crippen molar-refractivity contribution in [2.24, 2.45) is 0 Å². The lowest BCUT2D eigenvalue weighted by Crippen LogP contribution is -2.17. The van der Waals surface area contributed by atoms with Crippen LogP contribution in [0.5, 0.6) is 11.5 Å². The number of benzene rings is 2. The lowest BCUT2D eigenvalue weighted by molar-refractivity contribution is -0.384. The monoisotopic (exact) mass is 348 g/mol. The normalized spacial score (nSPS) is 12.5. The molecule has 0 amide bonds. The number of rotatable bonds is 5. The Bertz CT molecular complexity index is 809. The first-order valence-corrected chi connectivity index (χ1v) is 7.53. The second-order valence-corrected chi connectivity index (χ2v) is 5.46. The highest BCUT2D eigenvalue weighted by molar-refractivity contribution is 6.33. The Hall–Kier alpha value is -2.80. The van der Waals surface area contributed by atoms with Gasteiger partial charge < -0.3 is 14.8 Å². The van der Waals surface area contributed by atoms with Crippen molar-refractivity contribution >= 4 is 28.8 Å². The molecule has 0 saturated carbocycles. The summed E-state index contributed by atoms with van der Waals surface area (Å²) in [4.78, 5) is 22.4. The van der Waals surface area contributed by atoms with Crippen molar-refractivity contribution in [1.29, 1.82) is 0 Å². The van der Waals surface area contributed by atoms with Crippen LogP contribution in [-0.2, 0) is 0 Å². The van der Waals surface area contributed by atoms with Gasteiger partial charge >= 0.3 is 0 Å². The van der Waals surface area contributed by atoms with Gasteiger partial charge in [-0.3, -0.25) is 14.9 Å². The fourth-order valence-corrected chi connectivity index (χ4v) is 2.50. The third-order valence-electron chi connectivity index (χ3n) is 3.47. The Labute approximate surface area is 142 Å². The quantitative estimate of drug-likeness (QED) is 0.506. The average molecular weight is 349 g/mol. The minimum absolute atomic E-state index is 0.00280. The number of carbonyl (C=O) groups excluding carboxylic acids is 1. The Balaban J connectivity index is 1.68. The molecule has 0 fully saturated rings. The van der Waals surface area contributed by atoms with E-state index in [-0.39, 0.29) is 23.0 Å². The fourth-order valence-electron chi connectivity index (χ4n) is 2.26. The molecule has 1 N–H and O–H groups in total. The molecular weight excluding hydrogens is 336 g/mol. The molecule has 8 heteroatoms. The van der Waals surface area contributed by atoms with E-state index >= 15 is 0 Å². The highest BCUT2D eigenvalue weighted by Gasteiger charge is 2.15. The van der Waals surface area contributed by atoms with Gasteiger partial charge in [-0.15, -0.1) is 0 Å². The predicted octanol–water partition coefficient (Wildman–Crippen LogP) is 3.31. The second kappa shape index (κ2) is 6.76. The summed E-state index contributed by atoms with van der Waals surface area (Å²) in [5.41, 5.74) is 0.821. The van der Waals surface area contributed by atoms with Crippen LogP contribution in [0.2, 0.25) is 5.02 Å². The first-order valence-electron chi connectivity index (χ1n) is 7.15. The maximum Gasteiger partial charge on any atom is 0.271 e. The van der Waals surface area contributed by atoms with Crippen LogP contribution in [0.15, 0.2) is 36.4 Å². The van der Waals surface area contributed by atoms with E-state index in [1.165, 1.54) is 18.2 Å². The number of anilines is 1. The fraction of sp³-hybridized carbons (Fsp3) is 0.188. The number of hydrogen-bond donors (Lipinski definition) is 1. The van der Waals surface area contributed by atoms with Crippen molar-refractivity contribution in [3.8, 4) is 11.5 Å². The molecule has 0 aromatic heterocycles. The number of nitrogens with zero attached hydrogens (tertiary/aromatic N) is 1. The first kappa shape index (κ1) is 16.1. The zero-order chi connectivity index (χ0) is 17.1. The summed E-state index contributed by atoms with van der Waals surface area (Å²) in [6.45, 7) is 0.930. The zero-order valence-electron chi connectivity index (χ0n) is 12.5. The molecular formula is C16H13ClN2O5. The van der Waals surface area contributed by atoms with Crippen molar-refractivity contribution in [3.05, 3.63) is 57.1 Å². The number of ketones is 1. The molecule has 0 spiro atoms. The molecule has 2 aromatic rings. The Morgan fingerprint density at radius 3 is 2.62 bits per heavy atom. The van der Waals surface area contributed by atoms with Crippen molar-refractivity contribution in [2.75, 3.05) is 25.1 Å². The van der Waals surface area contributed by atoms with Gasteiger partial charge in [0, 0.05) is 17.7 Å². The van der Waals surface area contributed by atoms with E-state index in [0.29, 0.717) is 36.0 Å². The largest absolute Gasteiger partial charge is 0.486 e. The highest BCUT2D eigenvalue weighted by Crippen LogP contribution is 2.31. The number of nitro benzene ring substituents is 1. The maximum atomic E-state index is 12.3. The van der Waals surface area contributed by atoms with E-state index in [2.05, 4.69) is 5.32 Å². The standard InChI is InChI=1S/C16H13ClN2O5/c17-12-8-11(19(21)22)2-3-13(12)18-9-14(20)10-1-4-15-16(7-10)24-6-5-23-15/h1-4,7-8,18H,5-6,9H2. The van der Waals surface area contributed by atoms with Crippen LogP contribution in [-0.4, -0.2) is 30.5 Å². The Morgan fingerprint density at radius 1 is 1.17 bits per heavy atom. The number of halogens is 1. The lowest BCUT2D eigenvalue weighted by Gasteiger charge is -2.18. The predicted molar refractivity (Wildman–Crippen MR) is 88.4 cm³/mol. The Kier molecular flexibility index (Phi) is 4.52. The summed E-state index contributed by atoms with van der Waals surface area (Å²) in [5.74, 6) is 0.992. The zero-order valence-corrected chi connectivity index (χ0v) is 13.2. The van der Waals surface area contributed by atoms with Gasteiger partial charge in [-0.1, -0.05) is 11.6 Å². The molecule has 24 heavy (non-hydrogen) atoms. The first-order chi connectivity index (χ1) is 11.5. The SMILES string of the molecule is O=C(CNc1ccc([N+](=O)[O-])cc1Cl)c1ccc2c(c1)OCCO2. The number of ether oxygens (including phenoxy) is 2. The van der Waals surface area contributed by atoms with Crippen LogP contribution >= 0.6 is 11.6 Å². The average Bonchev–Trinajstić information content (AvgIpc) is 2.59. The van der Waals surface area contributed by atoms with Crippen molar-refractivity contribution in [1.82, 2.24) is 0 Å². The smallest absolute Gasteiger partial charge is 0.271 e. The van der Waals surface area contributed by atoms with Crippen LogP contribution < -0.4 is 14.8 Å². The van der Waals surface area contributed by atoms with Gasteiger partial charge in [0.15, 0.2) is 17.3 Å². The van der Waals surface area contributed by atoms with Crippen molar-refractivity contribution in [2.45, 2.75) is 0 Å².